The fourth-order valence-corrected chi connectivity index (χ4v) is 6.21. The summed E-state index contributed by atoms with van der Waals surface area (Å²) in [6.45, 7) is 3.68. The van der Waals surface area contributed by atoms with Crippen LogP contribution in [0, 0.1) is 12.8 Å². The maximum Gasteiger partial charge on any atom is 0.242 e. The first-order valence-electron chi connectivity index (χ1n) is 12.3. The number of fused-ring (bicyclic) bond motifs is 1. The standard InChI is InChI=1S/C29H32N2O3S/c1-20-8-6-7-11-22(20)28-23-13-17-35-26(23)12-14-31(28)27(32)19-30(15-16-34-2)29(33)25-18-24(25)21-9-4-3-5-10-21/h3-11,13,17,24-25,28H,12,14-16,18-19H2,1-2H3. The van der Waals surface area contributed by atoms with Gasteiger partial charge in [-0.2, -0.15) is 0 Å². The van der Waals surface area contributed by atoms with E-state index in [1.54, 1.807) is 23.3 Å². The third-order valence-corrected chi connectivity index (χ3v) is 8.30. The van der Waals surface area contributed by atoms with Crippen LogP contribution in [0.2, 0.25) is 0 Å². The number of hydrogen-bond donors (Lipinski definition) is 0. The van der Waals surface area contributed by atoms with E-state index in [1.165, 1.54) is 21.6 Å². The Hall–Kier alpha value is -2.96. The largest absolute Gasteiger partial charge is 0.383 e. The molecule has 6 heteroatoms. The van der Waals surface area contributed by atoms with Gasteiger partial charge in [-0.1, -0.05) is 54.6 Å². The lowest BCUT2D eigenvalue weighted by atomic mass is 9.90. The van der Waals surface area contributed by atoms with Gasteiger partial charge < -0.3 is 14.5 Å². The SMILES string of the molecule is COCCN(CC(=O)N1CCc2sccc2C1c1ccccc1C)C(=O)C1CC1c1ccccc1. The summed E-state index contributed by atoms with van der Waals surface area (Å²) in [5, 5.41) is 2.12. The van der Waals surface area contributed by atoms with E-state index >= 15 is 0 Å². The number of nitrogens with zero attached hydrogens (tertiary/aromatic N) is 2. The highest BCUT2D eigenvalue weighted by Gasteiger charge is 2.46. The second-order valence-electron chi connectivity index (χ2n) is 9.51. The Morgan fingerprint density at radius 2 is 1.83 bits per heavy atom. The van der Waals surface area contributed by atoms with E-state index in [0.29, 0.717) is 19.7 Å². The molecule has 0 N–H and O–H groups in total. The number of hydrogen-bond acceptors (Lipinski definition) is 4. The maximum absolute atomic E-state index is 13.8. The number of carbonyl (C=O) groups excluding carboxylic acids is 2. The second kappa shape index (κ2) is 10.3. The molecule has 0 spiro atoms. The van der Waals surface area contributed by atoms with Gasteiger partial charge in [0.15, 0.2) is 0 Å². The van der Waals surface area contributed by atoms with Crippen LogP contribution in [0.15, 0.2) is 66.0 Å². The number of methoxy groups -OCH3 is 1. The number of benzene rings is 2. The summed E-state index contributed by atoms with van der Waals surface area (Å²) >= 11 is 1.76. The van der Waals surface area contributed by atoms with Crippen molar-refractivity contribution in [2.24, 2.45) is 5.92 Å². The van der Waals surface area contributed by atoms with Crippen LogP contribution in [0.4, 0.5) is 0 Å². The fraction of sp³-hybridized carbons (Fsp3) is 0.379. The average molecular weight is 489 g/mol. The van der Waals surface area contributed by atoms with Crippen molar-refractivity contribution in [3.05, 3.63) is 93.2 Å². The minimum absolute atomic E-state index is 0.00327. The highest BCUT2D eigenvalue weighted by atomic mass is 32.1. The summed E-state index contributed by atoms with van der Waals surface area (Å²) in [7, 11) is 1.63. The van der Waals surface area contributed by atoms with Crippen LogP contribution in [0.25, 0.3) is 0 Å². The molecule has 1 saturated carbocycles. The molecule has 2 aromatic carbocycles. The van der Waals surface area contributed by atoms with Gasteiger partial charge in [-0.3, -0.25) is 9.59 Å². The lowest BCUT2D eigenvalue weighted by Crippen LogP contribution is -2.48. The van der Waals surface area contributed by atoms with Gasteiger partial charge in [-0.15, -0.1) is 11.3 Å². The first-order valence-corrected chi connectivity index (χ1v) is 13.2. The summed E-state index contributed by atoms with van der Waals surface area (Å²) in [4.78, 5) is 32.3. The Morgan fingerprint density at radius 3 is 2.60 bits per heavy atom. The second-order valence-corrected chi connectivity index (χ2v) is 10.5. The lowest BCUT2D eigenvalue weighted by Gasteiger charge is -2.38. The molecule has 0 bridgehead atoms. The molecule has 5 nitrogen and oxygen atoms in total. The van der Waals surface area contributed by atoms with Gasteiger partial charge in [0.1, 0.15) is 0 Å². The summed E-state index contributed by atoms with van der Waals surface area (Å²) in [5.41, 5.74) is 4.74. The van der Waals surface area contributed by atoms with E-state index in [-0.39, 0.29) is 36.2 Å². The molecule has 1 fully saturated rings. The molecule has 3 atom stereocenters. The van der Waals surface area contributed by atoms with Gasteiger partial charge in [-0.25, -0.2) is 0 Å². The Balaban J connectivity index is 1.36. The van der Waals surface area contributed by atoms with Crippen LogP contribution in [-0.4, -0.2) is 55.0 Å². The zero-order valence-electron chi connectivity index (χ0n) is 20.4. The number of carbonyl (C=O) groups is 2. The third-order valence-electron chi connectivity index (χ3n) is 7.31. The molecule has 0 radical (unpaired) electrons. The van der Waals surface area contributed by atoms with E-state index in [9.17, 15) is 9.59 Å². The van der Waals surface area contributed by atoms with Gasteiger partial charge in [0.25, 0.3) is 0 Å². The van der Waals surface area contributed by atoms with Crippen LogP contribution in [0.5, 0.6) is 0 Å². The molecular formula is C29H32N2O3S. The van der Waals surface area contributed by atoms with Gasteiger partial charge in [-0.05, 0) is 59.4 Å². The fourth-order valence-electron chi connectivity index (χ4n) is 5.31. The minimum atomic E-state index is -0.115. The highest BCUT2D eigenvalue weighted by Crippen LogP contribution is 2.48. The number of rotatable bonds is 8. The predicted molar refractivity (Wildman–Crippen MR) is 139 cm³/mol. The zero-order valence-corrected chi connectivity index (χ0v) is 21.2. The first kappa shape index (κ1) is 23.8. The van der Waals surface area contributed by atoms with Crippen molar-refractivity contribution in [3.63, 3.8) is 0 Å². The van der Waals surface area contributed by atoms with E-state index in [2.05, 4.69) is 42.6 Å². The van der Waals surface area contributed by atoms with Gasteiger partial charge in [0.2, 0.25) is 11.8 Å². The molecule has 1 aliphatic heterocycles. The minimum Gasteiger partial charge on any atom is -0.383 e. The van der Waals surface area contributed by atoms with Crippen molar-refractivity contribution in [2.45, 2.75) is 31.7 Å². The average Bonchev–Trinajstić information content (AvgIpc) is 3.54. The smallest absolute Gasteiger partial charge is 0.242 e. The van der Waals surface area contributed by atoms with Crippen LogP contribution in [0.3, 0.4) is 0 Å². The van der Waals surface area contributed by atoms with Crippen molar-refractivity contribution >= 4 is 23.2 Å². The maximum atomic E-state index is 13.8. The molecule has 2 amide bonds. The summed E-state index contributed by atoms with van der Waals surface area (Å²) in [5.74, 6) is 0.243. The molecule has 3 unspecified atom stereocenters. The quantitative estimate of drug-likeness (QED) is 0.457. The Morgan fingerprint density at radius 1 is 1.06 bits per heavy atom. The molecule has 2 aliphatic rings. The number of amides is 2. The molecule has 1 aromatic heterocycles. The highest BCUT2D eigenvalue weighted by molar-refractivity contribution is 7.10. The van der Waals surface area contributed by atoms with Crippen LogP contribution in [-0.2, 0) is 20.7 Å². The molecule has 3 aromatic rings. The molecule has 2 heterocycles. The van der Waals surface area contributed by atoms with Crippen LogP contribution < -0.4 is 0 Å². The number of ether oxygens (including phenoxy) is 1. The van der Waals surface area contributed by atoms with Crippen molar-refractivity contribution in [3.8, 4) is 0 Å². The molecule has 1 aliphatic carbocycles. The molecule has 0 saturated heterocycles. The van der Waals surface area contributed by atoms with Gasteiger partial charge in [0, 0.05) is 31.0 Å². The van der Waals surface area contributed by atoms with Crippen molar-refractivity contribution in [1.29, 1.82) is 0 Å². The molecule has 182 valence electrons. The Bertz CT molecular complexity index is 1190. The summed E-state index contributed by atoms with van der Waals surface area (Å²) in [6, 6.07) is 20.5. The van der Waals surface area contributed by atoms with Crippen LogP contribution >= 0.6 is 11.3 Å². The third kappa shape index (κ3) is 4.91. The van der Waals surface area contributed by atoms with Crippen molar-refractivity contribution in [1.82, 2.24) is 9.80 Å². The van der Waals surface area contributed by atoms with E-state index < -0.39 is 0 Å². The van der Waals surface area contributed by atoms with Gasteiger partial charge >= 0.3 is 0 Å². The zero-order chi connectivity index (χ0) is 24.4. The molecule has 35 heavy (non-hydrogen) atoms. The first-order chi connectivity index (χ1) is 17.1. The Labute approximate surface area is 211 Å². The number of thiophene rings is 1. The monoisotopic (exact) mass is 488 g/mol. The summed E-state index contributed by atoms with van der Waals surface area (Å²) in [6.07, 6.45) is 1.69. The Kier molecular flexibility index (Phi) is 7.02. The van der Waals surface area contributed by atoms with Crippen molar-refractivity contribution < 1.29 is 14.3 Å². The van der Waals surface area contributed by atoms with Crippen LogP contribution in [0.1, 0.15) is 45.5 Å². The topological polar surface area (TPSA) is 49.9 Å². The summed E-state index contributed by atoms with van der Waals surface area (Å²) < 4.78 is 5.29. The lowest BCUT2D eigenvalue weighted by molar-refractivity contribution is -0.143. The van der Waals surface area contributed by atoms with Gasteiger partial charge in [0.05, 0.1) is 19.2 Å². The van der Waals surface area contributed by atoms with E-state index in [1.807, 2.05) is 35.2 Å². The number of aryl methyl sites for hydroxylation is 1. The predicted octanol–water partition coefficient (Wildman–Crippen LogP) is 4.81. The molecular weight excluding hydrogens is 456 g/mol. The molecule has 5 rings (SSSR count). The van der Waals surface area contributed by atoms with E-state index in [0.717, 1.165) is 18.4 Å². The van der Waals surface area contributed by atoms with E-state index in [4.69, 9.17) is 4.74 Å². The van der Waals surface area contributed by atoms with Crippen molar-refractivity contribution in [2.75, 3.05) is 33.4 Å². The normalized spacial score (nSPS) is 20.9.